The van der Waals surface area contributed by atoms with Crippen molar-refractivity contribution < 1.29 is 0 Å². The Balaban J connectivity index is 2.34. The van der Waals surface area contributed by atoms with E-state index in [1.54, 1.807) is 0 Å². The first kappa shape index (κ1) is 12.7. The molecule has 2 rings (SSSR count). The van der Waals surface area contributed by atoms with Crippen molar-refractivity contribution >= 4 is 55.6 Å². The maximum Gasteiger partial charge on any atom is 0.0530 e. The van der Waals surface area contributed by atoms with Gasteiger partial charge in [0.05, 0.1) is 5.69 Å². The maximum absolute atomic E-state index is 5.72. The molecule has 0 aromatic heterocycles. The number of nitrogens with one attached hydrogen (secondary N) is 1. The molecule has 0 unspecified atom stereocenters. The lowest BCUT2D eigenvalue weighted by molar-refractivity contribution is 1.41. The smallest absolute Gasteiger partial charge is 0.0530 e. The molecule has 0 spiro atoms. The summed E-state index contributed by atoms with van der Waals surface area (Å²) in [4.78, 5) is 0. The second kappa shape index (κ2) is 5.27. The van der Waals surface area contributed by atoms with Gasteiger partial charge in [0.2, 0.25) is 0 Å². The van der Waals surface area contributed by atoms with Gasteiger partial charge in [0.1, 0.15) is 0 Å². The van der Waals surface area contributed by atoms with Crippen LogP contribution in [0.1, 0.15) is 5.56 Å². The molecular formula is C13H12BrIN2. The van der Waals surface area contributed by atoms with E-state index in [9.17, 15) is 0 Å². The summed E-state index contributed by atoms with van der Waals surface area (Å²) in [5.74, 6) is 0. The van der Waals surface area contributed by atoms with Crippen LogP contribution in [-0.2, 0) is 0 Å². The summed E-state index contributed by atoms with van der Waals surface area (Å²) in [6, 6.07) is 12.1. The topological polar surface area (TPSA) is 38.0 Å². The SMILES string of the molecule is Cc1ccc(I)cc1Nc1ccc(N)cc1Br. The quantitative estimate of drug-likeness (QED) is 0.565. The van der Waals surface area contributed by atoms with Gasteiger partial charge in [-0.25, -0.2) is 0 Å². The number of nitrogens with two attached hydrogens (primary N) is 1. The van der Waals surface area contributed by atoms with E-state index in [1.165, 1.54) is 9.13 Å². The zero-order chi connectivity index (χ0) is 12.4. The standard InChI is InChI=1S/C13H12BrIN2/c1-8-2-3-9(15)6-13(8)17-12-5-4-10(16)7-11(12)14/h2-7,17H,16H2,1H3. The number of aryl methyl sites for hydroxylation is 1. The number of halogens is 2. The molecule has 0 aliphatic carbocycles. The fraction of sp³-hybridized carbons (Fsp3) is 0.0769. The van der Waals surface area contributed by atoms with E-state index in [-0.39, 0.29) is 0 Å². The van der Waals surface area contributed by atoms with Crippen LogP contribution in [0.4, 0.5) is 17.1 Å². The van der Waals surface area contributed by atoms with E-state index < -0.39 is 0 Å². The number of nitrogen functional groups attached to an aromatic ring is 1. The Labute approximate surface area is 123 Å². The third-order valence-corrected chi connectivity index (χ3v) is 3.79. The van der Waals surface area contributed by atoms with Gasteiger partial charge in [-0.3, -0.25) is 0 Å². The van der Waals surface area contributed by atoms with Gasteiger partial charge in [0, 0.05) is 19.4 Å². The molecule has 17 heavy (non-hydrogen) atoms. The molecule has 0 radical (unpaired) electrons. The number of anilines is 3. The average molecular weight is 403 g/mol. The van der Waals surface area contributed by atoms with E-state index in [0.29, 0.717) is 0 Å². The van der Waals surface area contributed by atoms with Crippen LogP contribution < -0.4 is 11.1 Å². The molecule has 0 aliphatic heterocycles. The van der Waals surface area contributed by atoms with Crippen molar-refractivity contribution in [3.05, 3.63) is 50.0 Å². The summed E-state index contributed by atoms with van der Waals surface area (Å²) in [6.45, 7) is 2.09. The molecule has 0 fully saturated rings. The Morgan fingerprint density at radius 1 is 1.12 bits per heavy atom. The maximum atomic E-state index is 5.72. The summed E-state index contributed by atoms with van der Waals surface area (Å²) >= 11 is 5.81. The highest BCUT2D eigenvalue weighted by Crippen LogP contribution is 2.29. The fourth-order valence-corrected chi connectivity index (χ4v) is 2.49. The summed E-state index contributed by atoms with van der Waals surface area (Å²) < 4.78 is 2.18. The van der Waals surface area contributed by atoms with Gasteiger partial charge < -0.3 is 11.1 Å². The third-order valence-electron chi connectivity index (χ3n) is 2.46. The van der Waals surface area contributed by atoms with Crippen molar-refractivity contribution in [1.82, 2.24) is 0 Å². The lowest BCUT2D eigenvalue weighted by Crippen LogP contribution is -1.95. The lowest BCUT2D eigenvalue weighted by atomic mass is 10.2. The van der Waals surface area contributed by atoms with Crippen molar-refractivity contribution in [2.75, 3.05) is 11.1 Å². The summed E-state index contributed by atoms with van der Waals surface area (Å²) in [6.07, 6.45) is 0. The largest absolute Gasteiger partial charge is 0.399 e. The van der Waals surface area contributed by atoms with E-state index in [4.69, 9.17) is 5.73 Å². The first-order valence-electron chi connectivity index (χ1n) is 5.14. The summed E-state index contributed by atoms with van der Waals surface area (Å²) in [7, 11) is 0. The molecular weight excluding hydrogens is 391 g/mol. The molecule has 2 aromatic carbocycles. The van der Waals surface area contributed by atoms with Gasteiger partial charge in [-0.05, 0) is 81.3 Å². The van der Waals surface area contributed by atoms with E-state index in [1.807, 2.05) is 18.2 Å². The fourth-order valence-electron chi connectivity index (χ4n) is 1.51. The van der Waals surface area contributed by atoms with Gasteiger partial charge in [-0.1, -0.05) is 6.07 Å². The van der Waals surface area contributed by atoms with Gasteiger partial charge in [-0.2, -0.15) is 0 Å². The molecule has 2 nitrogen and oxygen atoms in total. The van der Waals surface area contributed by atoms with Crippen LogP contribution in [-0.4, -0.2) is 0 Å². The lowest BCUT2D eigenvalue weighted by Gasteiger charge is -2.12. The minimum absolute atomic E-state index is 0.752. The Hall–Kier alpha value is -0.750. The third kappa shape index (κ3) is 3.13. The Morgan fingerprint density at radius 2 is 1.88 bits per heavy atom. The molecule has 3 N–H and O–H groups in total. The molecule has 0 saturated carbocycles. The number of hydrogen-bond donors (Lipinski definition) is 2. The zero-order valence-corrected chi connectivity index (χ0v) is 13.0. The van der Waals surface area contributed by atoms with E-state index >= 15 is 0 Å². The molecule has 4 heteroatoms. The second-order valence-electron chi connectivity index (χ2n) is 3.82. The summed E-state index contributed by atoms with van der Waals surface area (Å²) in [5, 5.41) is 3.40. The molecule has 0 atom stereocenters. The average Bonchev–Trinajstić information content (AvgIpc) is 2.27. The molecule has 0 saturated heterocycles. The predicted molar refractivity (Wildman–Crippen MR) is 85.7 cm³/mol. The van der Waals surface area contributed by atoms with Crippen molar-refractivity contribution in [1.29, 1.82) is 0 Å². The van der Waals surface area contributed by atoms with E-state index in [2.05, 4.69) is 69.0 Å². The minimum Gasteiger partial charge on any atom is -0.399 e. The first-order valence-corrected chi connectivity index (χ1v) is 7.01. The highest BCUT2D eigenvalue weighted by molar-refractivity contribution is 14.1. The van der Waals surface area contributed by atoms with Crippen molar-refractivity contribution in [3.63, 3.8) is 0 Å². The van der Waals surface area contributed by atoms with Crippen LogP contribution in [0.25, 0.3) is 0 Å². The van der Waals surface area contributed by atoms with Gasteiger partial charge in [0.25, 0.3) is 0 Å². The van der Waals surface area contributed by atoms with Gasteiger partial charge in [0.15, 0.2) is 0 Å². The number of hydrogen-bond acceptors (Lipinski definition) is 2. The van der Waals surface area contributed by atoms with Crippen LogP contribution in [0.3, 0.4) is 0 Å². The second-order valence-corrected chi connectivity index (χ2v) is 5.92. The van der Waals surface area contributed by atoms with Crippen LogP contribution in [0, 0.1) is 10.5 Å². The Kier molecular flexibility index (Phi) is 3.93. The van der Waals surface area contributed by atoms with Gasteiger partial charge in [-0.15, -0.1) is 0 Å². The van der Waals surface area contributed by atoms with Crippen LogP contribution >= 0.6 is 38.5 Å². The minimum atomic E-state index is 0.752. The molecule has 0 amide bonds. The normalized spacial score (nSPS) is 10.3. The van der Waals surface area contributed by atoms with Gasteiger partial charge >= 0.3 is 0 Å². The van der Waals surface area contributed by atoms with Crippen molar-refractivity contribution in [2.45, 2.75) is 6.92 Å². The molecule has 88 valence electrons. The zero-order valence-electron chi connectivity index (χ0n) is 9.30. The van der Waals surface area contributed by atoms with Crippen LogP contribution in [0.5, 0.6) is 0 Å². The Bertz CT molecular complexity index is 555. The molecule has 0 heterocycles. The van der Waals surface area contributed by atoms with Crippen molar-refractivity contribution in [3.8, 4) is 0 Å². The van der Waals surface area contributed by atoms with Crippen LogP contribution in [0.15, 0.2) is 40.9 Å². The number of rotatable bonds is 2. The monoisotopic (exact) mass is 402 g/mol. The molecule has 2 aromatic rings. The highest BCUT2D eigenvalue weighted by Gasteiger charge is 2.03. The number of benzene rings is 2. The van der Waals surface area contributed by atoms with E-state index in [0.717, 1.165) is 21.5 Å². The molecule has 0 bridgehead atoms. The Morgan fingerprint density at radius 3 is 2.59 bits per heavy atom. The first-order chi connectivity index (χ1) is 8.06. The van der Waals surface area contributed by atoms with Crippen molar-refractivity contribution in [2.24, 2.45) is 0 Å². The highest BCUT2D eigenvalue weighted by atomic mass is 127. The predicted octanol–water partition coefficient (Wildman–Crippen LogP) is 4.69. The van der Waals surface area contributed by atoms with Crippen LogP contribution in [0.2, 0.25) is 0 Å². The summed E-state index contributed by atoms with van der Waals surface area (Å²) in [5.41, 5.74) is 9.82. The molecule has 0 aliphatic rings.